The van der Waals surface area contributed by atoms with E-state index in [1.807, 2.05) is 0 Å². The van der Waals surface area contributed by atoms with E-state index in [0.29, 0.717) is 22.5 Å². The predicted molar refractivity (Wildman–Crippen MR) is 120 cm³/mol. The van der Waals surface area contributed by atoms with Gasteiger partial charge in [0, 0.05) is 36.6 Å². The van der Waals surface area contributed by atoms with Crippen molar-refractivity contribution in [2.45, 2.75) is 43.2 Å². The Balaban J connectivity index is 1.50. The van der Waals surface area contributed by atoms with Crippen LogP contribution in [0.15, 0.2) is 53.7 Å². The first-order chi connectivity index (χ1) is 17.3. The summed E-state index contributed by atoms with van der Waals surface area (Å²) in [5.41, 5.74) is 1.56. The fourth-order valence-corrected chi connectivity index (χ4v) is 5.54. The van der Waals surface area contributed by atoms with E-state index in [1.165, 1.54) is 6.07 Å². The lowest BCUT2D eigenvalue weighted by Crippen LogP contribution is -2.45. The van der Waals surface area contributed by atoms with Crippen LogP contribution >= 0.6 is 0 Å². The zero-order valence-electron chi connectivity index (χ0n) is 19.2. The summed E-state index contributed by atoms with van der Waals surface area (Å²) in [6.07, 6.45) is -4.58. The van der Waals surface area contributed by atoms with Gasteiger partial charge in [0.25, 0.3) is 0 Å². The molecule has 0 bridgehead atoms. The molecule has 3 aromatic rings. The van der Waals surface area contributed by atoms with Crippen molar-refractivity contribution in [2.75, 3.05) is 6.54 Å². The Hall–Kier alpha value is -3.52. The summed E-state index contributed by atoms with van der Waals surface area (Å²) in [6.45, 7) is 0.951. The van der Waals surface area contributed by atoms with E-state index in [9.17, 15) is 35.2 Å². The Labute approximate surface area is 208 Å². The predicted octanol–water partition coefficient (Wildman–Crippen LogP) is 3.42. The second-order valence-corrected chi connectivity index (χ2v) is 10.3. The maximum atomic E-state index is 14.2. The molecule has 8 nitrogen and oxygen atoms in total. The molecule has 1 N–H and O–H groups in total. The molecule has 0 radical (unpaired) electrons. The van der Waals surface area contributed by atoms with Gasteiger partial charge in [-0.3, -0.25) is 9.78 Å². The number of halogens is 5. The van der Waals surface area contributed by atoms with Crippen molar-refractivity contribution in [2.24, 2.45) is 0 Å². The summed E-state index contributed by atoms with van der Waals surface area (Å²) < 4.78 is 92.3. The van der Waals surface area contributed by atoms with Crippen molar-refractivity contribution in [1.29, 1.82) is 0 Å². The van der Waals surface area contributed by atoms with Crippen molar-refractivity contribution in [3.63, 3.8) is 0 Å². The van der Waals surface area contributed by atoms with Gasteiger partial charge in [-0.15, -0.1) is 0 Å². The number of hydrogen-bond acceptors (Lipinski definition) is 6. The summed E-state index contributed by atoms with van der Waals surface area (Å²) >= 11 is 0. The largest absolute Gasteiger partial charge is 0.451 e. The van der Waals surface area contributed by atoms with Crippen LogP contribution in [0.2, 0.25) is 0 Å². The fraction of sp³-hybridized carbons (Fsp3) is 0.304. The third kappa shape index (κ3) is 5.91. The minimum absolute atomic E-state index is 0.160. The number of nitrogens with zero attached hydrogens (tertiary/aromatic N) is 4. The van der Waals surface area contributed by atoms with Crippen molar-refractivity contribution in [1.82, 2.24) is 24.6 Å². The number of rotatable bonds is 6. The van der Waals surface area contributed by atoms with Crippen molar-refractivity contribution < 1.29 is 35.2 Å². The van der Waals surface area contributed by atoms with Gasteiger partial charge in [0.1, 0.15) is 18.0 Å². The number of carbonyl (C=O) groups excluding carboxylic acids is 1. The molecule has 14 heteroatoms. The highest BCUT2D eigenvalue weighted by molar-refractivity contribution is 7.89. The molecule has 1 aliphatic rings. The number of benzene rings is 1. The third-order valence-electron chi connectivity index (χ3n) is 5.62. The number of sulfonamides is 1. The zero-order chi connectivity index (χ0) is 27.0. The summed E-state index contributed by atoms with van der Waals surface area (Å²) in [5.74, 6) is -2.68. The summed E-state index contributed by atoms with van der Waals surface area (Å²) in [6, 6.07) is 5.75. The van der Waals surface area contributed by atoms with Gasteiger partial charge in [-0.05, 0) is 48.9 Å². The number of hydrogen-bond donors (Lipinski definition) is 1. The Kier molecular flexibility index (Phi) is 7.24. The molecule has 4 rings (SSSR count). The number of aryl methyl sites for hydroxylation is 1. The molecule has 0 saturated carbocycles. The number of aromatic nitrogens is 3. The van der Waals surface area contributed by atoms with Crippen molar-refractivity contribution >= 4 is 15.9 Å². The first-order valence-corrected chi connectivity index (χ1v) is 12.3. The summed E-state index contributed by atoms with van der Waals surface area (Å²) in [7, 11) is -4.27. The van der Waals surface area contributed by atoms with Crippen LogP contribution in [0.3, 0.4) is 0 Å². The Morgan fingerprint density at radius 2 is 1.76 bits per heavy atom. The van der Waals surface area contributed by atoms with Crippen LogP contribution in [0.5, 0.6) is 0 Å². The van der Waals surface area contributed by atoms with Gasteiger partial charge in [-0.1, -0.05) is 0 Å². The molecule has 1 amide bonds. The smallest absolute Gasteiger partial charge is 0.349 e. The van der Waals surface area contributed by atoms with E-state index in [4.69, 9.17) is 0 Å². The highest BCUT2D eigenvalue weighted by Crippen LogP contribution is 2.29. The van der Waals surface area contributed by atoms with E-state index < -0.39 is 52.5 Å². The minimum atomic E-state index is -4.68. The van der Waals surface area contributed by atoms with Crippen LogP contribution in [0.1, 0.15) is 23.6 Å². The van der Waals surface area contributed by atoms with Gasteiger partial charge in [-0.2, -0.15) is 17.5 Å². The molecule has 1 saturated heterocycles. The maximum absolute atomic E-state index is 14.2. The molecule has 0 spiro atoms. The quantitative estimate of drug-likeness (QED) is 0.480. The lowest BCUT2D eigenvalue weighted by atomic mass is 10.1. The maximum Gasteiger partial charge on any atom is 0.451 e. The molecule has 2 atom stereocenters. The second-order valence-electron chi connectivity index (χ2n) is 8.38. The lowest BCUT2D eigenvalue weighted by Gasteiger charge is -2.23. The molecule has 1 aliphatic heterocycles. The van der Waals surface area contributed by atoms with Crippen LogP contribution in [-0.4, -0.2) is 52.3 Å². The fourth-order valence-electron chi connectivity index (χ4n) is 3.92. The summed E-state index contributed by atoms with van der Waals surface area (Å²) in [5, 5.41) is 2.54. The zero-order valence-corrected chi connectivity index (χ0v) is 20.0. The van der Waals surface area contributed by atoms with E-state index in [0.717, 1.165) is 41.0 Å². The number of carbonyl (C=O) groups is 1. The van der Waals surface area contributed by atoms with E-state index in [-0.39, 0.29) is 17.9 Å². The van der Waals surface area contributed by atoms with Gasteiger partial charge in [0.15, 0.2) is 0 Å². The SMILES string of the molecule is Cc1cc(-c2cnc(C(F)(F)F)nc2)cc(CNC(=O)C2CC(F)CN2S(=O)(=O)c2ccc(F)cc2)n1. The average Bonchev–Trinajstić information content (AvgIpc) is 3.25. The van der Waals surface area contributed by atoms with Crippen molar-refractivity contribution in [3.8, 4) is 11.1 Å². The van der Waals surface area contributed by atoms with Crippen LogP contribution in [0, 0.1) is 12.7 Å². The molecular formula is C23H20F5N5O3S. The number of pyridine rings is 1. The van der Waals surface area contributed by atoms with Crippen LogP contribution in [0.25, 0.3) is 11.1 Å². The van der Waals surface area contributed by atoms with E-state index in [2.05, 4.69) is 20.3 Å². The van der Waals surface area contributed by atoms with Crippen LogP contribution < -0.4 is 5.32 Å². The highest BCUT2D eigenvalue weighted by atomic mass is 32.2. The van der Waals surface area contributed by atoms with Gasteiger partial charge in [-0.25, -0.2) is 27.2 Å². The Morgan fingerprint density at radius 3 is 2.38 bits per heavy atom. The lowest BCUT2D eigenvalue weighted by molar-refractivity contribution is -0.145. The monoisotopic (exact) mass is 541 g/mol. The normalized spacial score (nSPS) is 18.6. The molecule has 37 heavy (non-hydrogen) atoms. The van der Waals surface area contributed by atoms with Crippen LogP contribution in [-0.2, 0) is 27.5 Å². The minimum Gasteiger partial charge on any atom is -0.349 e. The van der Waals surface area contributed by atoms with E-state index >= 15 is 0 Å². The third-order valence-corrected chi connectivity index (χ3v) is 7.51. The summed E-state index contributed by atoms with van der Waals surface area (Å²) in [4.78, 5) is 23.6. The topological polar surface area (TPSA) is 105 Å². The number of amides is 1. The molecule has 2 aromatic heterocycles. The van der Waals surface area contributed by atoms with Gasteiger partial charge in [0.2, 0.25) is 21.8 Å². The molecular weight excluding hydrogens is 521 g/mol. The Morgan fingerprint density at radius 1 is 1.11 bits per heavy atom. The molecule has 1 fully saturated rings. The first kappa shape index (κ1) is 26.5. The molecule has 3 heterocycles. The standard InChI is InChI=1S/C23H20F5N5O3S/c1-13-6-14(15-9-30-22(31-10-15)23(26,27)28)7-18(32-13)11-29-21(34)20-8-17(25)12-33(20)37(35,36)19-4-2-16(24)3-5-19/h2-7,9-10,17,20H,8,11-12H2,1H3,(H,29,34). The molecule has 0 aliphatic carbocycles. The number of nitrogens with one attached hydrogen (secondary N) is 1. The van der Waals surface area contributed by atoms with E-state index in [1.54, 1.807) is 13.0 Å². The number of alkyl halides is 4. The van der Waals surface area contributed by atoms with Crippen LogP contribution in [0.4, 0.5) is 22.0 Å². The molecule has 1 aromatic carbocycles. The van der Waals surface area contributed by atoms with Gasteiger partial charge < -0.3 is 5.32 Å². The highest BCUT2D eigenvalue weighted by Gasteiger charge is 2.44. The first-order valence-electron chi connectivity index (χ1n) is 10.9. The van der Waals surface area contributed by atoms with Gasteiger partial charge in [0.05, 0.1) is 17.1 Å². The average molecular weight is 542 g/mol. The van der Waals surface area contributed by atoms with Crippen molar-refractivity contribution in [3.05, 3.63) is 71.8 Å². The Bertz CT molecular complexity index is 1400. The molecule has 2 unspecified atom stereocenters. The molecule has 196 valence electrons. The van der Waals surface area contributed by atoms with Gasteiger partial charge >= 0.3 is 6.18 Å². The second kappa shape index (κ2) is 10.1.